The zero-order valence-corrected chi connectivity index (χ0v) is 10.3. The van der Waals surface area contributed by atoms with E-state index in [0.717, 1.165) is 32.5 Å². The minimum atomic E-state index is -0.165. The van der Waals surface area contributed by atoms with Crippen LogP contribution >= 0.6 is 12.4 Å². The molecule has 15 heavy (non-hydrogen) atoms. The smallest absolute Gasteiger partial charge is 0.409 e. The minimum absolute atomic E-state index is 0. The number of amides is 1. The fraction of sp³-hybridized carbons (Fsp3) is 0.900. The van der Waals surface area contributed by atoms with Crippen molar-refractivity contribution in [1.29, 1.82) is 0 Å². The molecular formula is C10H21ClN2O2. The van der Waals surface area contributed by atoms with E-state index in [2.05, 4.69) is 5.32 Å². The van der Waals surface area contributed by atoms with Crippen molar-refractivity contribution in [3.05, 3.63) is 0 Å². The number of carbonyl (C=O) groups excluding carboxylic acids is 1. The van der Waals surface area contributed by atoms with E-state index in [9.17, 15) is 4.79 Å². The number of halogens is 1. The second kappa shape index (κ2) is 7.77. The predicted octanol–water partition coefficient (Wildman–Crippen LogP) is 1.64. The molecule has 0 spiro atoms. The van der Waals surface area contributed by atoms with E-state index in [-0.39, 0.29) is 18.5 Å². The molecule has 0 saturated carbocycles. The van der Waals surface area contributed by atoms with Gasteiger partial charge < -0.3 is 15.0 Å². The first-order valence-electron chi connectivity index (χ1n) is 5.43. The molecule has 1 rings (SSSR count). The van der Waals surface area contributed by atoms with Crippen molar-refractivity contribution in [2.45, 2.75) is 32.7 Å². The lowest BCUT2D eigenvalue weighted by molar-refractivity contribution is 0.0851. The van der Waals surface area contributed by atoms with E-state index >= 15 is 0 Å². The molecule has 5 heteroatoms. The third kappa shape index (κ3) is 4.26. The van der Waals surface area contributed by atoms with Crippen LogP contribution in [0.3, 0.4) is 0 Å². The van der Waals surface area contributed by atoms with Crippen LogP contribution in [0.25, 0.3) is 0 Å². The number of piperidine rings is 1. The van der Waals surface area contributed by atoms with Crippen LogP contribution in [0.15, 0.2) is 0 Å². The van der Waals surface area contributed by atoms with Crippen molar-refractivity contribution in [1.82, 2.24) is 10.2 Å². The Hall–Kier alpha value is -0.480. The second-order valence-electron chi connectivity index (χ2n) is 3.47. The normalized spacial score (nSPS) is 16.7. The van der Waals surface area contributed by atoms with Crippen LogP contribution in [0.5, 0.6) is 0 Å². The van der Waals surface area contributed by atoms with E-state index in [1.54, 1.807) is 0 Å². The van der Waals surface area contributed by atoms with Crippen molar-refractivity contribution in [2.24, 2.45) is 0 Å². The molecule has 1 fully saturated rings. The maximum Gasteiger partial charge on any atom is 0.409 e. The molecule has 0 unspecified atom stereocenters. The largest absolute Gasteiger partial charge is 0.450 e. The summed E-state index contributed by atoms with van der Waals surface area (Å²) in [7, 11) is 0. The lowest BCUT2D eigenvalue weighted by atomic mass is 10.1. The van der Waals surface area contributed by atoms with Crippen molar-refractivity contribution in [3.8, 4) is 0 Å². The first kappa shape index (κ1) is 14.5. The zero-order chi connectivity index (χ0) is 10.4. The molecule has 1 saturated heterocycles. The maximum atomic E-state index is 11.6. The highest BCUT2D eigenvalue weighted by Crippen LogP contribution is 2.12. The van der Waals surface area contributed by atoms with Crippen molar-refractivity contribution >= 4 is 18.5 Å². The Morgan fingerprint density at radius 1 is 1.40 bits per heavy atom. The SMILES string of the molecule is CCOC(=O)N(CC)C1CCNCC1.Cl. The van der Waals surface area contributed by atoms with Gasteiger partial charge in [0.05, 0.1) is 6.61 Å². The van der Waals surface area contributed by atoms with E-state index < -0.39 is 0 Å². The average Bonchev–Trinajstić information content (AvgIpc) is 2.21. The Labute approximate surface area is 97.8 Å². The molecule has 0 radical (unpaired) electrons. The third-order valence-corrected chi connectivity index (χ3v) is 2.59. The van der Waals surface area contributed by atoms with Gasteiger partial charge in [0.2, 0.25) is 0 Å². The van der Waals surface area contributed by atoms with E-state index in [1.807, 2.05) is 18.7 Å². The lowest BCUT2D eigenvalue weighted by Crippen LogP contribution is -2.46. The second-order valence-corrected chi connectivity index (χ2v) is 3.47. The first-order chi connectivity index (χ1) is 6.79. The Kier molecular flexibility index (Phi) is 7.52. The fourth-order valence-electron chi connectivity index (χ4n) is 1.86. The molecule has 1 aliphatic rings. The van der Waals surface area contributed by atoms with E-state index in [1.165, 1.54) is 0 Å². The molecule has 0 aromatic rings. The molecule has 90 valence electrons. The van der Waals surface area contributed by atoms with Gasteiger partial charge >= 0.3 is 6.09 Å². The number of nitrogens with one attached hydrogen (secondary N) is 1. The van der Waals surface area contributed by atoms with Crippen LogP contribution in [-0.4, -0.2) is 43.3 Å². The van der Waals surface area contributed by atoms with Gasteiger partial charge in [0, 0.05) is 12.6 Å². The molecule has 0 aromatic heterocycles. The summed E-state index contributed by atoms with van der Waals surface area (Å²) in [5, 5.41) is 3.29. The molecule has 1 heterocycles. The van der Waals surface area contributed by atoms with Gasteiger partial charge in [0.25, 0.3) is 0 Å². The van der Waals surface area contributed by atoms with Crippen LogP contribution in [0.4, 0.5) is 4.79 Å². The topological polar surface area (TPSA) is 41.6 Å². The van der Waals surface area contributed by atoms with Crippen molar-refractivity contribution in [2.75, 3.05) is 26.2 Å². The quantitative estimate of drug-likeness (QED) is 0.810. The standard InChI is InChI=1S/C10H20N2O2.ClH/c1-3-12(10(13)14-4-2)9-5-7-11-8-6-9;/h9,11H,3-8H2,1-2H3;1H. The molecule has 1 aliphatic heterocycles. The predicted molar refractivity (Wildman–Crippen MR) is 62.5 cm³/mol. The molecule has 4 nitrogen and oxygen atoms in total. The summed E-state index contributed by atoms with van der Waals surface area (Å²) in [4.78, 5) is 13.4. The average molecular weight is 237 g/mol. The number of nitrogens with zero attached hydrogens (tertiary/aromatic N) is 1. The summed E-state index contributed by atoms with van der Waals surface area (Å²) in [6, 6.07) is 0.361. The summed E-state index contributed by atoms with van der Waals surface area (Å²) < 4.78 is 5.01. The Balaban J connectivity index is 0.00000196. The first-order valence-corrected chi connectivity index (χ1v) is 5.43. The molecule has 0 atom stereocenters. The van der Waals surface area contributed by atoms with Gasteiger partial charge in [0.15, 0.2) is 0 Å². The summed E-state index contributed by atoms with van der Waals surface area (Å²) in [6.45, 7) is 7.04. The number of hydrogen-bond acceptors (Lipinski definition) is 3. The van der Waals surface area contributed by atoms with Gasteiger partial charge in [-0.25, -0.2) is 4.79 Å². The van der Waals surface area contributed by atoms with Crippen LogP contribution in [0, 0.1) is 0 Å². The molecule has 1 amide bonds. The van der Waals surface area contributed by atoms with E-state index in [4.69, 9.17) is 4.74 Å². The highest BCUT2D eigenvalue weighted by Gasteiger charge is 2.24. The van der Waals surface area contributed by atoms with Crippen LogP contribution in [0.1, 0.15) is 26.7 Å². The van der Waals surface area contributed by atoms with Crippen molar-refractivity contribution in [3.63, 3.8) is 0 Å². The summed E-state index contributed by atoms with van der Waals surface area (Å²) >= 11 is 0. The molecule has 0 aromatic carbocycles. The third-order valence-electron chi connectivity index (χ3n) is 2.59. The number of rotatable bonds is 3. The zero-order valence-electron chi connectivity index (χ0n) is 9.49. The van der Waals surface area contributed by atoms with Gasteiger partial charge in [0.1, 0.15) is 0 Å². The number of ether oxygens (including phenoxy) is 1. The summed E-state index contributed by atoms with van der Waals surface area (Å²) in [5.41, 5.74) is 0. The Morgan fingerprint density at radius 2 is 2.00 bits per heavy atom. The van der Waals surface area contributed by atoms with Crippen LogP contribution in [0.2, 0.25) is 0 Å². The molecule has 1 N–H and O–H groups in total. The lowest BCUT2D eigenvalue weighted by Gasteiger charge is -2.32. The van der Waals surface area contributed by atoms with E-state index in [0.29, 0.717) is 12.6 Å². The number of carbonyl (C=O) groups is 1. The van der Waals surface area contributed by atoms with Gasteiger partial charge in [-0.05, 0) is 39.8 Å². The molecule has 0 bridgehead atoms. The number of hydrogen-bond donors (Lipinski definition) is 1. The molecular weight excluding hydrogens is 216 g/mol. The fourth-order valence-corrected chi connectivity index (χ4v) is 1.86. The Bertz CT molecular complexity index is 184. The van der Waals surface area contributed by atoms with Crippen molar-refractivity contribution < 1.29 is 9.53 Å². The van der Waals surface area contributed by atoms with Gasteiger partial charge in [-0.15, -0.1) is 12.4 Å². The van der Waals surface area contributed by atoms with Gasteiger partial charge in [-0.3, -0.25) is 0 Å². The van der Waals surface area contributed by atoms with Gasteiger partial charge in [-0.1, -0.05) is 0 Å². The summed E-state index contributed by atoms with van der Waals surface area (Å²) in [5.74, 6) is 0. The highest BCUT2D eigenvalue weighted by molar-refractivity contribution is 5.85. The van der Waals surface area contributed by atoms with Crippen LogP contribution < -0.4 is 5.32 Å². The summed E-state index contributed by atoms with van der Waals surface area (Å²) in [6.07, 6.45) is 1.90. The monoisotopic (exact) mass is 236 g/mol. The van der Waals surface area contributed by atoms with Gasteiger partial charge in [-0.2, -0.15) is 0 Å². The Morgan fingerprint density at radius 3 is 2.47 bits per heavy atom. The highest BCUT2D eigenvalue weighted by atomic mass is 35.5. The van der Waals surface area contributed by atoms with Crippen LogP contribution in [-0.2, 0) is 4.74 Å². The molecule has 0 aliphatic carbocycles. The minimum Gasteiger partial charge on any atom is -0.450 e. The maximum absolute atomic E-state index is 11.6.